The number of aromatic nitrogens is 5. The van der Waals surface area contributed by atoms with E-state index in [9.17, 15) is 9.18 Å². The summed E-state index contributed by atoms with van der Waals surface area (Å²) >= 11 is 0. The van der Waals surface area contributed by atoms with Gasteiger partial charge >= 0.3 is 5.69 Å². The van der Waals surface area contributed by atoms with Gasteiger partial charge in [-0.3, -0.25) is 4.98 Å². The van der Waals surface area contributed by atoms with Crippen LogP contribution >= 0.6 is 0 Å². The van der Waals surface area contributed by atoms with E-state index in [0.29, 0.717) is 22.7 Å². The number of rotatable bonds is 5. The molecule has 2 heterocycles. The lowest BCUT2D eigenvalue weighted by molar-refractivity contribution is 0.301. The van der Waals surface area contributed by atoms with Gasteiger partial charge in [0.05, 0.1) is 11.4 Å². The van der Waals surface area contributed by atoms with Crippen LogP contribution in [0.4, 0.5) is 4.39 Å². The molecule has 0 aliphatic rings. The summed E-state index contributed by atoms with van der Waals surface area (Å²) in [7, 11) is 1.54. The molecule has 4 aromatic rings. The Labute approximate surface area is 178 Å². The van der Waals surface area contributed by atoms with E-state index in [0.717, 1.165) is 27.1 Å². The number of ether oxygens (including phenoxy) is 1. The number of nitrogens with zero attached hydrogens (tertiary/aromatic N) is 5. The molecule has 7 nitrogen and oxygen atoms in total. The van der Waals surface area contributed by atoms with Crippen molar-refractivity contribution in [3.8, 4) is 22.7 Å². The Hall–Kier alpha value is -3.81. The van der Waals surface area contributed by atoms with Crippen molar-refractivity contribution in [2.24, 2.45) is 7.05 Å². The zero-order chi connectivity index (χ0) is 22.1. The lowest BCUT2D eigenvalue weighted by Gasteiger charge is -2.15. The van der Waals surface area contributed by atoms with Crippen molar-refractivity contribution in [3.63, 3.8) is 0 Å². The third-order valence-corrected chi connectivity index (χ3v) is 5.14. The zero-order valence-electron chi connectivity index (χ0n) is 17.8. The highest BCUT2D eigenvalue weighted by Crippen LogP contribution is 2.30. The third-order valence-electron chi connectivity index (χ3n) is 5.14. The van der Waals surface area contributed by atoms with Crippen LogP contribution in [0.25, 0.3) is 16.9 Å². The SMILES string of the molecule is Cc1cccc(-c2cc(C)c(OCc3c(C)cccc3-n3nnn(C)c3=O)cc2F)n1. The number of hydrogen-bond donors (Lipinski definition) is 0. The average Bonchev–Trinajstić information content (AvgIpc) is 3.07. The van der Waals surface area contributed by atoms with Crippen LogP contribution in [0.15, 0.2) is 53.3 Å². The van der Waals surface area contributed by atoms with Gasteiger partial charge in [0, 0.05) is 29.9 Å². The van der Waals surface area contributed by atoms with Gasteiger partial charge in [0.25, 0.3) is 0 Å². The maximum Gasteiger partial charge on any atom is 0.368 e. The molecule has 0 radical (unpaired) electrons. The van der Waals surface area contributed by atoms with Crippen molar-refractivity contribution in [1.29, 1.82) is 0 Å². The molecule has 0 saturated carbocycles. The number of hydrogen-bond acceptors (Lipinski definition) is 5. The lowest BCUT2D eigenvalue weighted by Crippen LogP contribution is -2.23. The fourth-order valence-corrected chi connectivity index (χ4v) is 3.40. The molecule has 0 amide bonds. The maximum absolute atomic E-state index is 14.9. The Morgan fingerprint density at radius 2 is 1.77 bits per heavy atom. The molecule has 31 heavy (non-hydrogen) atoms. The predicted octanol–water partition coefficient (Wildman–Crippen LogP) is 3.67. The van der Waals surface area contributed by atoms with E-state index in [1.165, 1.54) is 17.8 Å². The molecule has 0 spiro atoms. The van der Waals surface area contributed by atoms with Crippen molar-refractivity contribution in [2.75, 3.05) is 0 Å². The first-order valence-electron chi connectivity index (χ1n) is 9.80. The van der Waals surface area contributed by atoms with Crippen LogP contribution in [0.3, 0.4) is 0 Å². The molecule has 0 aliphatic carbocycles. The second kappa shape index (κ2) is 8.14. The Morgan fingerprint density at radius 3 is 2.48 bits per heavy atom. The highest BCUT2D eigenvalue weighted by Gasteiger charge is 2.16. The third kappa shape index (κ3) is 3.96. The monoisotopic (exact) mass is 419 g/mol. The summed E-state index contributed by atoms with van der Waals surface area (Å²) in [5.74, 6) is 0.0171. The molecule has 4 rings (SSSR count). The Bertz CT molecular complexity index is 1330. The minimum absolute atomic E-state index is 0.146. The quantitative estimate of drug-likeness (QED) is 0.493. The molecule has 0 atom stereocenters. The molecule has 158 valence electrons. The van der Waals surface area contributed by atoms with E-state index >= 15 is 0 Å². The summed E-state index contributed by atoms with van der Waals surface area (Å²) in [6, 6.07) is 14.1. The summed E-state index contributed by atoms with van der Waals surface area (Å²) in [5, 5.41) is 7.69. The molecule has 2 aromatic heterocycles. The second-order valence-electron chi connectivity index (χ2n) is 7.42. The van der Waals surface area contributed by atoms with E-state index in [1.807, 2.05) is 45.0 Å². The van der Waals surface area contributed by atoms with Gasteiger partial charge in [0.15, 0.2) is 0 Å². The van der Waals surface area contributed by atoms with Gasteiger partial charge in [-0.1, -0.05) is 18.2 Å². The minimum Gasteiger partial charge on any atom is -0.488 e. The van der Waals surface area contributed by atoms with Gasteiger partial charge in [0.1, 0.15) is 18.2 Å². The molecule has 0 saturated heterocycles. The van der Waals surface area contributed by atoms with E-state index in [4.69, 9.17) is 4.74 Å². The summed E-state index contributed by atoms with van der Waals surface area (Å²) < 4.78 is 23.2. The molecular weight excluding hydrogens is 397 g/mol. The molecule has 2 aromatic carbocycles. The molecule has 0 aliphatic heterocycles. The molecule has 0 fully saturated rings. The van der Waals surface area contributed by atoms with Crippen LogP contribution in [0.5, 0.6) is 5.75 Å². The van der Waals surface area contributed by atoms with Gasteiger partial charge in [-0.25, -0.2) is 9.18 Å². The number of tetrazole rings is 1. The highest BCUT2D eigenvalue weighted by molar-refractivity contribution is 5.63. The van der Waals surface area contributed by atoms with Crippen LogP contribution in [0, 0.1) is 26.6 Å². The van der Waals surface area contributed by atoms with E-state index in [2.05, 4.69) is 15.4 Å². The van der Waals surface area contributed by atoms with Crippen LogP contribution in [-0.4, -0.2) is 24.8 Å². The summed E-state index contributed by atoms with van der Waals surface area (Å²) in [6.07, 6.45) is 0. The summed E-state index contributed by atoms with van der Waals surface area (Å²) in [4.78, 5) is 16.7. The summed E-state index contributed by atoms with van der Waals surface area (Å²) in [5.41, 5.74) is 4.53. The molecule has 0 bridgehead atoms. The van der Waals surface area contributed by atoms with Crippen LogP contribution in [0.2, 0.25) is 0 Å². The topological polar surface area (TPSA) is 74.8 Å². The molecule has 0 N–H and O–H groups in total. The van der Waals surface area contributed by atoms with E-state index in [1.54, 1.807) is 18.2 Å². The molecular formula is C23H22FN5O2. The largest absolute Gasteiger partial charge is 0.488 e. The maximum atomic E-state index is 14.9. The second-order valence-corrected chi connectivity index (χ2v) is 7.42. The first-order chi connectivity index (χ1) is 14.8. The first-order valence-corrected chi connectivity index (χ1v) is 9.80. The average molecular weight is 419 g/mol. The smallest absolute Gasteiger partial charge is 0.368 e. The Morgan fingerprint density at radius 1 is 1.00 bits per heavy atom. The Balaban J connectivity index is 1.66. The number of pyridine rings is 1. The Kier molecular flexibility index (Phi) is 5.37. The predicted molar refractivity (Wildman–Crippen MR) is 115 cm³/mol. The van der Waals surface area contributed by atoms with Crippen molar-refractivity contribution < 1.29 is 9.13 Å². The van der Waals surface area contributed by atoms with Gasteiger partial charge in [0.2, 0.25) is 0 Å². The molecule has 8 heteroatoms. The van der Waals surface area contributed by atoms with Crippen LogP contribution < -0.4 is 10.4 Å². The number of aryl methyl sites for hydroxylation is 4. The van der Waals surface area contributed by atoms with Gasteiger partial charge in [-0.05, 0) is 66.6 Å². The highest BCUT2D eigenvalue weighted by atomic mass is 19.1. The lowest BCUT2D eigenvalue weighted by atomic mass is 10.1. The fourth-order valence-electron chi connectivity index (χ4n) is 3.40. The summed E-state index contributed by atoms with van der Waals surface area (Å²) in [6.45, 7) is 5.80. The van der Waals surface area contributed by atoms with Crippen molar-refractivity contribution in [2.45, 2.75) is 27.4 Å². The fraction of sp³-hybridized carbons (Fsp3) is 0.217. The van der Waals surface area contributed by atoms with Crippen molar-refractivity contribution in [3.05, 3.63) is 87.2 Å². The van der Waals surface area contributed by atoms with Crippen LogP contribution in [0.1, 0.15) is 22.4 Å². The standard InChI is InChI=1S/C23H22FN5O2/c1-14-7-5-10-21(29-23(30)28(4)26-27-29)18(14)13-31-22-12-19(24)17(11-15(22)2)20-9-6-8-16(3)25-20/h5-12H,13H2,1-4H3. The van der Waals surface area contributed by atoms with Gasteiger partial charge in [-0.15, -0.1) is 0 Å². The molecule has 0 unspecified atom stereocenters. The first kappa shape index (κ1) is 20.5. The van der Waals surface area contributed by atoms with Crippen molar-refractivity contribution in [1.82, 2.24) is 24.8 Å². The van der Waals surface area contributed by atoms with E-state index in [-0.39, 0.29) is 12.3 Å². The normalized spacial score (nSPS) is 11.0. The van der Waals surface area contributed by atoms with Gasteiger partial charge in [-0.2, -0.15) is 9.36 Å². The van der Waals surface area contributed by atoms with Gasteiger partial charge < -0.3 is 4.74 Å². The zero-order valence-corrected chi connectivity index (χ0v) is 17.8. The minimum atomic E-state index is -0.408. The van der Waals surface area contributed by atoms with Crippen LogP contribution in [-0.2, 0) is 13.7 Å². The number of benzene rings is 2. The van der Waals surface area contributed by atoms with E-state index < -0.39 is 5.82 Å². The number of halogens is 1. The van der Waals surface area contributed by atoms with Crippen molar-refractivity contribution >= 4 is 0 Å².